The van der Waals surface area contributed by atoms with E-state index in [2.05, 4.69) is 0 Å². The Labute approximate surface area is 58.2 Å². The molecule has 0 spiro atoms. The maximum absolute atomic E-state index is 10.5. The highest BCUT2D eigenvalue weighted by Gasteiger charge is 2.17. The maximum atomic E-state index is 10.5. The summed E-state index contributed by atoms with van der Waals surface area (Å²) >= 11 is 5.29. The molecule has 0 aliphatic rings. The fraction of sp³-hybridized carbons (Fsp3) is 0.600. The fourth-order valence-electron chi connectivity index (χ4n) is 0.330. The summed E-state index contributed by atoms with van der Waals surface area (Å²) in [6.07, 6.45) is 0. The van der Waals surface area contributed by atoms with Crippen LogP contribution in [0, 0.1) is 0 Å². The van der Waals surface area contributed by atoms with Crippen LogP contribution in [0.3, 0.4) is 0 Å². The number of halogens is 1. The zero-order chi connectivity index (χ0) is 7.44. The number of rotatable bonds is 3. The molecule has 9 heavy (non-hydrogen) atoms. The van der Waals surface area contributed by atoms with Crippen LogP contribution in [-0.4, -0.2) is 23.5 Å². The summed E-state index contributed by atoms with van der Waals surface area (Å²) < 4.78 is 0. The standard InChI is InChI=1S/C5H8ClNO2/c1-3(8)5(6)4(9)2-7/h5H,2,7H2,1H3. The van der Waals surface area contributed by atoms with Crippen molar-refractivity contribution in [2.24, 2.45) is 5.73 Å². The highest BCUT2D eigenvalue weighted by Crippen LogP contribution is 1.96. The largest absolute Gasteiger partial charge is 0.324 e. The van der Waals surface area contributed by atoms with Crippen molar-refractivity contribution in [2.45, 2.75) is 12.3 Å². The van der Waals surface area contributed by atoms with Crippen LogP contribution in [0.2, 0.25) is 0 Å². The normalized spacial score (nSPS) is 12.8. The number of hydrogen-bond donors (Lipinski definition) is 1. The van der Waals surface area contributed by atoms with Gasteiger partial charge < -0.3 is 5.73 Å². The van der Waals surface area contributed by atoms with E-state index in [-0.39, 0.29) is 12.3 Å². The van der Waals surface area contributed by atoms with Crippen LogP contribution < -0.4 is 5.73 Å². The van der Waals surface area contributed by atoms with Gasteiger partial charge in [0.2, 0.25) is 0 Å². The minimum Gasteiger partial charge on any atom is -0.324 e. The van der Waals surface area contributed by atoms with Gasteiger partial charge in [-0.05, 0) is 6.92 Å². The van der Waals surface area contributed by atoms with Crippen molar-refractivity contribution in [1.29, 1.82) is 0 Å². The van der Waals surface area contributed by atoms with Crippen LogP contribution in [0.25, 0.3) is 0 Å². The molecule has 0 aromatic heterocycles. The van der Waals surface area contributed by atoms with Crippen LogP contribution in [0.15, 0.2) is 0 Å². The third-order valence-electron chi connectivity index (χ3n) is 0.841. The minimum atomic E-state index is -1.05. The van der Waals surface area contributed by atoms with Crippen molar-refractivity contribution in [2.75, 3.05) is 6.54 Å². The molecule has 1 atom stereocenters. The van der Waals surface area contributed by atoms with Gasteiger partial charge in [0, 0.05) is 0 Å². The lowest BCUT2D eigenvalue weighted by Gasteiger charge is -1.98. The fourth-order valence-corrected chi connectivity index (χ4v) is 0.419. The van der Waals surface area contributed by atoms with Crippen molar-refractivity contribution in [1.82, 2.24) is 0 Å². The molecule has 0 heterocycles. The van der Waals surface area contributed by atoms with Gasteiger partial charge in [-0.2, -0.15) is 0 Å². The molecule has 0 saturated carbocycles. The number of hydrogen-bond acceptors (Lipinski definition) is 3. The monoisotopic (exact) mass is 149 g/mol. The summed E-state index contributed by atoms with van der Waals surface area (Å²) in [5.74, 6) is -0.781. The first-order valence-corrected chi connectivity index (χ1v) is 2.90. The summed E-state index contributed by atoms with van der Waals surface area (Å²) in [5.41, 5.74) is 4.92. The second-order valence-electron chi connectivity index (χ2n) is 1.64. The summed E-state index contributed by atoms with van der Waals surface area (Å²) in [6, 6.07) is 0. The van der Waals surface area contributed by atoms with E-state index < -0.39 is 11.2 Å². The first-order chi connectivity index (χ1) is 4.09. The van der Waals surface area contributed by atoms with E-state index >= 15 is 0 Å². The van der Waals surface area contributed by atoms with Crippen molar-refractivity contribution >= 4 is 23.2 Å². The van der Waals surface area contributed by atoms with Crippen molar-refractivity contribution < 1.29 is 9.59 Å². The quantitative estimate of drug-likeness (QED) is 0.443. The summed E-state index contributed by atoms with van der Waals surface area (Å²) in [7, 11) is 0. The molecule has 4 heteroatoms. The third-order valence-corrected chi connectivity index (χ3v) is 1.39. The predicted octanol–water partition coefficient (Wildman–Crippen LogP) is -0.289. The van der Waals surface area contributed by atoms with Gasteiger partial charge >= 0.3 is 0 Å². The van der Waals surface area contributed by atoms with E-state index in [9.17, 15) is 9.59 Å². The average Bonchev–Trinajstić information content (AvgIpc) is 1.84. The van der Waals surface area contributed by atoms with Gasteiger partial charge in [0.25, 0.3) is 0 Å². The Hall–Kier alpha value is -0.410. The zero-order valence-corrected chi connectivity index (χ0v) is 5.81. The molecule has 1 unspecified atom stereocenters. The smallest absolute Gasteiger partial charge is 0.171 e. The molecule has 0 bridgehead atoms. The Balaban J connectivity index is 3.88. The van der Waals surface area contributed by atoms with E-state index in [0.29, 0.717) is 0 Å². The zero-order valence-electron chi connectivity index (χ0n) is 5.06. The Morgan fingerprint density at radius 2 is 2.11 bits per heavy atom. The number of Topliss-reactive ketones (excluding diaryl/α,β-unsaturated/α-hetero) is 2. The molecule has 52 valence electrons. The van der Waals surface area contributed by atoms with Crippen LogP contribution in [0.1, 0.15) is 6.92 Å². The average molecular weight is 150 g/mol. The van der Waals surface area contributed by atoms with Crippen LogP contribution in [0.4, 0.5) is 0 Å². The van der Waals surface area contributed by atoms with Gasteiger partial charge in [0.05, 0.1) is 6.54 Å². The molecule has 0 rings (SSSR count). The van der Waals surface area contributed by atoms with E-state index in [1.54, 1.807) is 0 Å². The first kappa shape index (κ1) is 8.59. The van der Waals surface area contributed by atoms with E-state index in [0.717, 1.165) is 0 Å². The second-order valence-corrected chi connectivity index (χ2v) is 2.08. The van der Waals surface area contributed by atoms with E-state index in [1.165, 1.54) is 6.92 Å². The molecule has 0 aromatic carbocycles. The lowest BCUT2D eigenvalue weighted by molar-refractivity contribution is -0.124. The number of alkyl halides is 1. The van der Waals surface area contributed by atoms with Gasteiger partial charge in [0.1, 0.15) is 0 Å². The Morgan fingerprint density at radius 3 is 2.22 bits per heavy atom. The minimum absolute atomic E-state index is 0.173. The molecular weight excluding hydrogens is 142 g/mol. The molecule has 0 aromatic rings. The lowest BCUT2D eigenvalue weighted by Crippen LogP contribution is -2.28. The summed E-state index contributed by atoms with van der Waals surface area (Å²) in [4.78, 5) is 20.8. The highest BCUT2D eigenvalue weighted by atomic mass is 35.5. The van der Waals surface area contributed by atoms with E-state index in [4.69, 9.17) is 17.3 Å². The Morgan fingerprint density at radius 1 is 1.67 bits per heavy atom. The summed E-state index contributed by atoms with van der Waals surface area (Å²) in [6.45, 7) is 1.08. The second kappa shape index (κ2) is 3.58. The van der Waals surface area contributed by atoms with E-state index in [1.807, 2.05) is 0 Å². The number of carbonyl (C=O) groups is 2. The molecule has 0 aliphatic carbocycles. The topological polar surface area (TPSA) is 60.2 Å². The molecule has 2 N–H and O–H groups in total. The SMILES string of the molecule is CC(=O)C(Cl)C(=O)CN. The molecule has 0 fully saturated rings. The molecule has 0 amide bonds. The molecule has 3 nitrogen and oxygen atoms in total. The third kappa shape index (κ3) is 2.58. The van der Waals surface area contributed by atoms with Crippen molar-refractivity contribution in [3.63, 3.8) is 0 Å². The van der Waals surface area contributed by atoms with Crippen LogP contribution in [0.5, 0.6) is 0 Å². The molecular formula is C5H8ClNO2. The Kier molecular flexibility index (Phi) is 3.42. The molecule has 0 saturated heterocycles. The summed E-state index contributed by atoms with van der Waals surface area (Å²) in [5, 5.41) is -1.05. The molecule has 0 radical (unpaired) electrons. The van der Waals surface area contributed by atoms with Gasteiger partial charge in [-0.25, -0.2) is 0 Å². The number of carbonyl (C=O) groups excluding carboxylic acids is 2. The van der Waals surface area contributed by atoms with Crippen LogP contribution >= 0.6 is 11.6 Å². The maximum Gasteiger partial charge on any atom is 0.171 e. The van der Waals surface area contributed by atoms with Gasteiger partial charge in [-0.1, -0.05) is 0 Å². The van der Waals surface area contributed by atoms with Gasteiger partial charge in [0.15, 0.2) is 16.9 Å². The van der Waals surface area contributed by atoms with Crippen molar-refractivity contribution in [3.05, 3.63) is 0 Å². The number of nitrogens with two attached hydrogens (primary N) is 1. The number of ketones is 2. The van der Waals surface area contributed by atoms with Crippen LogP contribution in [-0.2, 0) is 9.59 Å². The molecule has 0 aliphatic heterocycles. The van der Waals surface area contributed by atoms with Crippen molar-refractivity contribution in [3.8, 4) is 0 Å². The lowest BCUT2D eigenvalue weighted by atomic mass is 10.2. The first-order valence-electron chi connectivity index (χ1n) is 2.47. The van der Waals surface area contributed by atoms with Gasteiger partial charge in [-0.15, -0.1) is 11.6 Å². The Bertz CT molecular complexity index is 135. The van der Waals surface area contributed by atoms with Gasteiger partial charge in [-0.3, -0.25) is 9.59 Å². The predicted molar refractivity (Wildman–Crippen MR) is 34.4 cm³/mol. The highest BCUT2D eigenvalue weighted by molar-refractivity contribution is 6.42.